The summed E-state index contributed by atoms with van der Waals surface area (Å²) in [5, 5.41) is 0. The summed E-state index contributed by atoms with van der Waals surface area (Å²) in [4.78, 5) is 0. The predicted molar refractivity (Wildman–Crippen MR) is 110 cm³/mol. The van der Waals surface area contributed by atoms with Crippen LogP contribution in [0.5, 0.6) is 5.75 Å². The molecule has 1 heterocycles. The van der Waals surface area contributed by atoms with E-state index in [1.54, 1.807) is 21.3 Å². The summed E-state index contributed by atoms with van der Waals surface area (Å²) in [5.74, 6) is 1.04. The summed E-state index contributed by atoms with van der Waals surface area (Å²) in [6.45, 7) is 2.94. The highest BCUT2D eigenvalue weighted by atomic mass is 28.4. The van der Waals surface area contributed by atoms with Gasteiger partial charge in [0.2, 0.25) is 0 Å². The summed E-state index contributed by atoms with van der Waals surface area (Å²) in [6, 6.07) is 7.39. The first-order valence-corrected chi connectivity index (χ1v) is 14.5. The van der Waals surface area contributed by atoms with Crippen LogP contribution in [0.15, 0.2) is 18.2 Å². The molecule has 0 saturated heterocycles. The van der Waals surface area contributed by atoms with Crippen LogP contribution in [0.3, 0.4) is 0 Å². The van der Waals surface area contributed by atoms with E-state index in [2.05, 4.69) is 24.7 Å². The van der Waals surface area contributed by atoms with Crippen LogP contribution in [0.1, 0.15) is 49.7 Å². The van der Waals surface area contributed by atoms with Gasteiger partial charge in [0.1, 0.15) is 5.75 Å². The third-order valence-corrected chi connectivity index (χ3v) is 12.4. The standard InChI is InChI=1S/C20H34O5Si2/c1-21-27(22-2,23-3)14-8-9-17-12-13-20-18(15-17)16-24-26(4,25-20)19-10-6-5-7-11-19/h12-13,15,19H,5-11,14,16H2,1-4H3. The maximum Gasteiger partial charge on any atom is 0.500 e. The Hall–Kier alpha value is -0.706. The van der Waals surface area contributed by atoms with Gasteiger partial charge in [-0.3, -0.25) is 0 Å². The molecule has 0 aromatic heterocycles. The Balaban J connectivity index is 1.60. The summed E-state index contributed by atoms with van der Waals surface area (Å²) in [5.41, 5.74) is 3.12. The molecule has 1 saturated carbocycles. The summed E-state index contributed by atoms with van der Waals surface area (Å²) in [7, 11) is 0.405. The third-order valence-electron chi connectivity index (χ3n) is 6.18. The molecule has 2 aliphatic rings. The molecule has 7 heteroatoms. The van der Waals surface area contributed by atoms with Crippen LogP contribution in [0, 0.1) is 0 Å². The summed E-state index contributed by atoms with van der Waals surface area (Å²) in [6.07, 6.45) is 8.47. The lowest BCUT2D eigenvalue weighted by atomic mass is 10.0. The molecule has 1 aromatic rings. The van der Waals surface area contributed by atoms with Crippen LogP contribution < -0.4 is 4.43 Å². The Morgan fingerprint density at radius 1 is 1.07 bits per heavy atom. The first-order chi connectivity index (χ1) is 13.0. The second kappa shape index (κ2) is 9.19. The lowest BCUT2D eigenvalue weighted by Crippen LogP contribution is -2.49. The number of aryl methyl sites for hydroxylation is 1. The SMILES string of the molecule is CO[Si](CCCc1ccc2c(c1)CO[Si](C)(C1CCCCC1)O2)(OC)OC. The normalized spacial score (nSPS) is 23.7. The van der Waals surface area contributed by atoms with Gasteiger partial charge in [-0.05, 0) is 49.9 Å². The van der Waals surface area contributed by atoms with Gasteiger partial charge >= 0.3 is 17.4 Å². The van der Waals surface area contributed by atoms with Gasteiger partial charge in [0.25, 0.3) is 0 Å². The monoisotopic (exact) mass is 410 g/mol. The van der Waals surface area contributed by atoms with Crippen LogP contribution in [0.4, 0.5) is 0 Å². The van der Waals surface area contributed by atoms with Crippen LogP contribution >= 0.6 is 0 Å². The lowest BCUT2D eigenvalue weighted by molar-refractivity contribution is 0.123. The van der Waals surface area contributed by atoms with Gasteiger partial charge in [0, 0.05) is 38.5 Å². The Labute approximate surface area is 165 Å². The van der Waals surface area contributed by atoms with Gasteiger partial charge in [-0.1, -0.05) is 25.3 Å². The fourth-order valence-corrected chi connectivity index (χ4v) is 9.08. The van der Waals surface area contributed by atoms with Gasteiger partial charge < -0.3 is 22.1 Å². The Bertz CT molecular complexity index is 608. The zero-order valence-corrected chi connectivity index (χ0v) is 19.2. The molecule has 0 radical (unpaired) electrons. The molecule has 27 heavy (non-hydrogen) atoms. The second-order valence-electron chi connectivity index (χ2n) is 7.83. The Kier molecular flexibility index (Phi) is 7.16. The maximum atomic E-state index is 6.49. The summed E-state index contributed by atoms with van der Waals surface area (Å²) < 4.78 is 29.4. The molecule has 1 atom stereocenters. The van der Waals surface area contributed by atoms with Gasteiger partial charge in [-0.25, -0.2) is 0 Å². The van der Waals surface area contributed by atoms with Gasteiger partial charge in [0.05, 0.1) is 6.61 Å². The van der Waals surface area contributed by atoms with Crippen molar-refractivity contribution < 1.29 is 22.1 Å². The zero-order valence-electron chi connectivity index (χ0n) is 17.2. The van der Waals surface area contributed by atoms with E-state index in [1.165, 1.54) is 43.2 Å². The van der Waals surface area contributed by atoms with Crippen molar-refractivity contribution in [3.05, 3.63) is 29.3 Å². The van der Waals surface area contributed by atoms with Crippen molar-refractivity contribution in [3.63, 3.8) is 0 Å². The quantitative estimate of drug-likeness (QED) is 0.575. The smallest absolute Gasteiger partial charge is 0.500 e. The minimum atomic E-state index is -2.48. The molecule has 5 nitrogen and oxygen atoms in total. The van der Waals surface area contributed by atoms with Gasteiger partial charge in [-0.15, -0.1) is 0 Å². The zero-order chi connectivity index (χ0) is 19.3. The number of benzene rings is 1. The van der Waals surface area contributed by atoms with E-state index in [0.29, 0.717) is 12.1 Å². The molecule has 3 rings (SSSR count). The van der Waals surface area contributed by atoms with E-state index in [4.69, 9.17) is 22.1 Å². The van der Waals surface area contributed by atoms with E-state index in [9.17, 15) is 0 Å². The van der Waals surface area contributed by atoms with Crippen LogP contribution in [0.2, 0.25) is 18.1 Å². The maximum absolute atomic E-state index is 6.49. The third kappa shape index (κ3) is 4.83. The fraction of sp³-hybridized carbons (Fsp3) is 0.700. The molecule has 0 amide bonds. The molecule has 1 unspecified atom stereocenters. The van der Waals surface area contributed by atoms with Crippen LogP contribution in [-0.4, -0.2) is 38.7 Å². The highest BCUT2D eigenvalue weighted by Crippen LogP contribution is 2.42. The van der Waals surface area contributed by atoms with E-state index >= 15 is 0 Å². The number of fused-ring (bicyclic) bond motifs is 1. The Morgan fingerprint density at radius 2 is 1.78 bits per heavy atom. The van der Waals surface area contributed by atoms with Crippen molar-refractivity contribution in [2.24, 2.45) is 0 Å². The van der Waals surface area contributed by atoms with Crippen molar-refractivity contribution in [2.75, 3.05) is 21.3 Å². The van der Waals surface area contributed by atoms with Crippen molar-refractivity contribution in [2.45, 2.75) is 69.7 Å². The van der Waals surface area contributed by atoms with E-state index in [1.807, 2.05) is 0 Å². The van der Waals surface area contributed by atoms with Crippen molar-refractivity contribution >= 4 is 17.4 Å². The molecular weight excluding hydrogens is 376 g/mol. The molecule has 152 valence electrons. The predicted octanol–water partition coefficient (Wildman–Crippen LogP) is 4.81. The molecular formula is C20H34O5Si2. The molecule has 0 spiro atoms. The van der Waals surface area contributed by atoms with Crippen LogP contribution in [-0.2, 0) is 30.7 Å². The molecule has 1 aliphatic carbocycles. The second-order valence-corrected chi connectivity index (χ2v) is 14.3. The van der Waals surface area contributed by atoms with Crippen LogP contribution in [0.25, 0.3) is 0 Å². The van der Waals surface area contributed by atoms with Crippen molar-refractivity contribution in [1.82, 2.24) is 0 Å². The largest absolute Gasteiger partial charge is 0.520 e. The van der Waals surface area contributed by atoms with E-state index in [-0.39, 0.29) is 0 Å². The Morgan fingerprint density at radius 3 is 2.44 bits per heavy atom. The highest BCUT2D eigenvalue weighted by molar-refractivity contribution is 6.68. The minimum absolute atomic E-state index is 0.634. The average molecular weight is 411 g/mol. The van der Waals surface area contributed by atoms with E-state index in [0.717, 1.165) is 24.6 Å². The number of rotatable bonds is 8. The average Bonchev–Trinajstić information content (AvgIpc) is 2.72. The fourth-order valence-electron chi connectivity index (χ4n) is 4.36. The highest BCUT2D eigenvalue weighted by Gasteiger charge is 2.46. The molecule has 0 N–H and O–H groups in total. The van der Waals surface area contributed by atoms with E-state index < -0.39 is 17.4 Å². The topological polar surface area (TPSA) is 46.2 Å². The molecule has 1 fully saturated rings. The lowest BCUT2D eigenvalue weighted by Gasteiger charge is -2.40. The summed E-state index contributed by atoms with van der Waals surface area (Å²) >= 11 is 0. The van der Waals surface area contributed by atoms with Crippen molar-refractivity contribution in [3.8, 4) is 5.75 Å². The molecule has 0 bridgehead atoms. The number of hydrogen-bond acceptors (Lipinski definition) is 5. The molecule has 1 aromatic carbocycles. The molecule has 1 aliphatic heterocycles. The van der Waals surface area contributed by atoms with Crippen molar-refractivity contribution in [1.29, 1.82) is 0 Å². The minimum Gasteiger partial charge on any atom is -0.520 e. The number of hydrogen-bond donors (Lipinski definition) is 0. The van der Waals surface area contributed by atoms with Gasteiger partial charge in [-0.2, -0.15) is 0 Å². The first-order valence-electron chi connectivity index (χ1n) is 10.1. The van der Waals surface area contributed by atoms with Gasteiger partial charge in [0.15, 0.2) is 0 Å². The first kappa shape index (κ1) is 21.0.